The van der Waals surface area contributed by atoms with Crippen molar-refractivity contribution in [1.82, 2.24) is 10.2 Å². The van der Waals surface area contributed by atoms with Gasteiger partial charge in [-0.1, -0.05) is 45.0 Å². The number of hydrogen-bond donors (Lipinski definition) is 1. The van der Waals surface area contributed by atoms with Crippen molar-refractivity contribution < 1.29 is 0 Å². The van der Waals surface area contributed by atoms with E-state index in [4.69, 9.17) is 0 Å². The van der Waals surface area contributed by atoms with Crippen molar-refractivity contribution in [2.75, 3.05) is 27.2 Å². The van der Waals surface area contributed by atoms with Crippen LogP contribution in [0.15, 0.2) is 24.3 Å². The van der Waals surface area contributed by atoms with Crippen LogP contribution < -0.4 is 5.32 Å². The van der Waals surface area contributed by atoms with Gasteiger partial charge in [-0.15, -0.1) is 0 Å². The third-order valence-corrected chi connectivity index (χ3v) is 4.41. The lowest BCUT2D eigenvalue weighted by Crippen LogP contribution is -2.42. The Morgan fingerprint density at radius 2 is 1.86 bits per heavy atom. The van der Waals surface area contributed by atoms with E-state index >= 15 is 0 Å². The van der Waals surface area contributed by atoms with Gasteiger partial charge in [0.2, 0.25) is 0 Å². The Morgan fingerprint density at radius 1 is 1.14 bits per heavy atom. The highest BCUT2D eigenvalue weighted by molar-refractivity contribution is 5.28. The van der Waals surface area contributed by atoms with Crippen LogP contribution in [0.4, 0.5) is 0 Å². The first-order valence-corrected chi connectivity index (χ1v) is 9.16. The first kappa shape index (κ1) is 19.2. The standard InChI is InChI=1S/C11H14.C7H16N2.C2H6/c1-2-9-4-3-5-11(8-9)10-6-7-10;1-9(2)7-4-3-5-8-6-7;1-2/h3-5,8,10H,2,6-7H2,1H3;7-8H,3-6H2,1-2H3;1-2H3. The molecule has 0 radical (unpaired) electrons. The highest BCUT2D eigenvalue weighted by atomic mass is 15.1. The first-order chi connectivity index (χ1) is 10.7. The molecule has 22 heavy (non-hydrogen) atoms. The van der Waals surface area contributed by atoms with E-state index < -0.39 is 0 Å². The smallest absolute Gasteiger partial charge is 0.0215 e. The van der Waals surface area contributed by atoms with Crippen LogP contribution in [0.25, 0.3) is 0 Å². The topological polar surface area (TPSA) is 15.3 Å². The fourth-order valence-electron chi connectivity index (χ4n) is 2.76. The molecule has 1 atom stereocenters. The van der Waals surface area contributed by atoms with Gasteiger partial charge in [0, 0.05) is 12.6 Å². The minimum Gasteiger partial charge on any atom is -0.315 e. The summed E-state index contributed by atoms with van der Waals surface area (Å²) in [5, 5.41) is 3.37. The van der Waals surface area contributed by atoms with Gasteiger partial charge in [0.15, 0.2) is 0 Å². The van der Waals surface area contributed by atoms with Crippen molar-refractivity contribution in [3.8, 4) is 0 Å². The lowest BCUT2D eigenvalue weighted by molar-refractivity contribution is 0.242. The summed E-state index contributed by atoms with van der Waals surface area (Å²) >= 11 is 0. The lowest BCUT2D eigenvalue weighted by atomic mass is 10.1. The van der Waals surface area contributed by atoms with Crippen LogP contribution in [0.5, 0.6) is 0 Å². The predicted octanol–water partition coefficient (Wildman–Crippen LogP) is 4.45. The van der Waals surface area contributed by atoms with Crippen molar-refractivity contribution >= 4 is 0 Å². The molecule has 1 heterocycles. The molecule has 126 valence electrons. The fraction of sp³-hybridized carbons (Fsp3) is 0.700. The Labute approximate surface area is 138 Å². The second-order valence-electron chi connectivity index (χ2n) is 6.34. The van der Waals surface area contributed by atoms with Gasteiger partial charge in [0.25, 0.3) is 0 Å². The highest BCUT2D eigenvalue weighted by Gasteiger charge is 2.22. The molecule has 0 spiro atoms. The monoisotopic (exact) mass is 304 g/mol. The number of nitrogens with zero attached hydrogens (tertiary/aromatic N) is 1. The molecular formula is C20H36N2. The van der Waals surface area contributed by atoms with Crippen molar-refractivity contribution in [3.63, 3.8) is 0 Å². The number of hydrogen-bond acceptors (Lipinski definition) is 2. The summed E-state index contributed by atoms with van der Waals surface area (Å²) < 4.78 is 0. The quantitative estimate of drug-likeness (QED) is 0.887. The van der Waals surface area contributed by atoms with E-state index in [2.05, 4.69) is 55.5 Å². The van der Waals surface area contributed by atoms with Gasteiger partial charge >= 0.3 is 0 Å². The van der Waals surface area contributed by atoms with Gasteiger partial charge in [-0.2, -0.15) is 0 Å². The maximum Gasteiger partial charge on any atom is 0.0215 e. The van der Waals surface area contributed by atoms with Crippen LogP contribution in [0.1, 0.15) is 63.5 Å². The van der Waals surface area contributed by atoms with Crippen LogP contribution in [0.2, 0.25) is 0 Å². The minimum atomic E-state index is 0.777. The molecule has 2 aliphatic rings. The zero-order valence-corrected chi connectivity index (χ0v) is 15.4. The summed E-state index contributed by atoms with van der Waals surface area (Å²) in [6.07, 6.45) is 6.68. The maximum atomic E-state index is 3.37. The molecule has 2 heteroatoms. The number of benzene rings is 1. The molecule has 3 rings (SSSR count). The second kappa shape index (κ2) is 10.8. The lowest BCUT2D eigenvalue weighted by Gasteiger charge is -2.28. The Bertz CT molecular complexity index is 390. The summed E-state index contributed by atoms with van der Waals surface area (Å²) in [7, 11) is 4.30. The van der Waals surface area contributed by atoms with E-state index in [9.17, 15) is 0 Å². The van der Waals surface area contributed by atoms with E-state index in [1.54, 1.807) is 5.56 Å². The van der Waals surface area contributed by atoms with Crippen molar-refractivity contribution in [1.29, 1.82) is 0 Å². The number of piperidine rings is 1. The third-order valence-electron chi connectivity index (χ3n) is 4.41. The van der Waals surface area contributed by atoms with Crippen LogP contribution in [0.3, 0.4) is 0 Å². The largest absolute Gasteiger partial charge is 0.315 e. The normalized spacial score (nSPS) is 20.5. The molecule has 1 saturated carbocycles. The van der Waals surface area contributed by atoms with Gasteiger partial charge in [0.05, 0.1) is 0 Å². The summed E-state index contributed by atoms with van der Waals surface area (Å²) in [6.45, 7) is 8.60. The summed E-state index contributed by atoms with van der Waals surface area (Å²) in [4.78, 5) is 2.30. The van der Waals surface area contributed by atoms with E-state index in [-0.39, 0.29) is 0 Å². The van der Waals surface area contributed by atoms with Gasteiger partial charge in [-0.3, -0.25) is 0 Å². The number of nitrogens with one attached hydrogen (secondary N) is 1. The Kier molecular flexibility index (Phi) is 9.42. The van der Waals surface area contributed by atoms with Crippen LogP contribution >= 0.6 is 0 Å². The number of rotatable bonds is 3. The zero-order valence-electron chi connectivity index (χ0n) is 15.4. The molecule has 1 aromatic carbocycles. The summed E-state index contributed by atoms with van der Waals surface area (Å²) in [6, 6.07) is 9.80. The van der Waals surface area contributed by atoms with Crippen LogP contribution in [-0.2, 0) is 6.42 Å². The number of likely N-dealkylation sites (N-methyl/N-ethyl adjacent to an activating group) is 1. The molecule has 1 N–H and O–H groups in total. The third kappa shape index (κ3) is 6.93. The van der Waals surface area contributed by atoms with Crippen molar-refractivity contribution in [2.45, 2.75) is 64.8 Å². The molecular weight excluding hydrogens is 268 g/mol. The molecule has 0 aromatic heterocycles. The zero-order chi connectivity index (χ0) is 16.4. The van der Waals surface area contributed by atoms with E-state index in [1.807, 2.05) is 13.8 Å². The Morgan fingerprint density at radius 3 is 2.32 bits per heavy atom. The Balaban J connectivity index is 0.000000202. The predicted molar refractivity (Wildman–Crippen MR) is 98.7 cm³/mol. The van der Waals surface area contributed by atoms with Gasteiger partial charge in [-0.05, 0) is 69.8 Å². The van der Waals surface area contributed by atoms with E-state index in [0.29, 0.717) is 0 Å². The highest BCUT2D eigenvalue weighted by Crippen LogP contribution is 2.40. The Hall–Kier alpha value is -0.860. The van der Waals surface area contributed by atoms with Gasteiger partial charge < -0.3 is 10.2 Å². The molecule has 1 aromatic rings. The molecule has 1 saturated heterocycles. The number of aryl methyl sites for hydroxylation is 1. The SMILES string of the molecule is CC.CCc1cccc(C2CC2)c1.CN(C)C1CCCNC1. The second-order valence-corrected chi connectivity index (χ2v) is 6.34. The molecule has 2 nitrogen and oxygen atoms in total. The minimum absolute atomic E-state index is 0.777. The molecule has 1 aliphatic heterocycles. The average molecular weight is 305 g/mol. The molecule has 2 fully saturated rings. The van der Waals surface area contributed by atoms with E-state index in [0.717, 1.165) is 12.0 Å². The summed E-state index contributed by atoms with van der Waals surface area (Å²) in [5.74, 6) is 0.904. The van der Waals surface area contributed by atoms with Gasteiger partial charge in [0.1, 0.15) is 0 Å². The summed E-state index contributed by atoms with van der Waals surface area (Å²) in [5.41, 5.74) is 3.04. The molecule has 1 unspecified atom stereocenters. The fourth-order valence-corrected chi connectivity index (χ4v) is 2.76. The van der Waals surface area contributed by atoms with Crippen LogP contribution in [-0.4, -0.2) is 38.1 Å². The molecule has 0 bridgehead atoms. The van der Waals surface area contributed by atoms with Gasteiger partial charge in [-0.25, -0.2) is 0 Å². The average Bonchev–Trinajstić information content (AvgIpc) is 3.43. The van der Waals surface area contributed by atoms with Crippen LogP contribution in [0, 0.1) is 0 Å². The van der Waals surface area contributed by atoms with E-state index in [1.165, 1.54) is 50.8 Å². The first-order valence-electron chi connectivity index (χ1n) is 9.16. The van der Waals surface area contributed by atoms with Crippen molar-refractivity contribution in [2.24, 2.45) is 0 Å². The van der Waals surface area contributed by atoms with Crippen molar-refractivity contribution in [3.05, 3.63) is 35.4 Å². The maximum absolute atomic E-state index is 3.37. The molecule has 0 amide bonds. The molecule has 1 aliphatic carbocycles.